The minimum Gasteiger partial charge on any atom is -0.310 e. The van der Waals surface area contributed by atoms with Crippen LogP contribution in [0.5, 0.6) is 0 Å². The highest BCUT2D eigenvalue weighted by atomic mass is 19.4. The fourth-order valence-corrected chi connectivity index (χ4v) is 0.686. The van der Waals surface area contributed by atoms with Crippen LogP contribution in [0.1, 0.15) is 11.4 Å². The molecule has 0 atom stereocenters. The third-order valence-electron chi connectivity index (χ3n) is 1.23. The van der Waals surface area contributed by atoms with Gasteiger partial charge in [-0.15, -0.1) is 0 Å². The maximum absolute atomic E-state index is 11.9. The van der Waals surface area contributed by atoms with E-state index >= 15 is 0 Å². The number of aromatic amines is 1. The predicted octanol–water partition coefficient (Wildman–Crippen LogP) is 1.10. The number of H-pyrrole nitrogens is 1. The fourth-order valence-electron chi connectivity index (χ4n) is 0.686. The van der Waals surface area contributed by atoms with Crippen molar-refractivity contribution in [1.29, 1.82) is 0 Å². The van der Waals surface area contributed by atoms with E-state index < -0.39 is 17.3 Å². The van der Waals surface area contributed by atoms with Gasteiger partial charge in [-0.1, -0.05) is 0 Å². The minimum atomic E-state index is -4.63. The summed E-state index contributed by atoms with van der Waals surface area (Å²) < 4.78 is 35.8. The number of hydrogen-bond donors (Lipinski definition) is 1. The van der Waals surface area contributed by atoms with E-state index in [4.69, 9.17) is 0 Å². The maximum atomic E-state index is 11.9. The molecular weight excluding hydrogens is 173 g/mol. The Kier molecular flexibility index (Phi) is 1.91. The van der Waals surface area contributed by atoms with Crippen molar-refractivity contribution in [1.82, 2.24) is 9.97 Å². The van der Waals surface area contributed by atoms with E-state index in [1.807, 2.05) is 4.98 Å². The number of alkyl halides is 3. The van der Waals surface area contributed by atoms with Crippen molar-refractivity contribution in [3.8, 4) is 0 Å². The van der Waals surface area contributed by atoms with Crippen LogP contribution in [0.25, 0.3) is 0 Å². The van der Waals surface area contributed by atoms with Crippen LogP contribution in [0.2, 0.25) is 0 Å². The molecule has 0 saturated heterocycles. The Morgan fingerprint density at radius 3 is 2.50 bits per heavy atom. The minimum absolute atomic E-state index is 0.160. The first kappa shape index (κ1) is 8.76. The quantitative estimate of drug-likeness (QED) is 0.646. The van der Waals surface area contributed by atoms with Crippen LogP contribution in [-0.2, 0) is 6.18 Å². The molecule has 0 aromatic carbocycles. The van der Waals surface area contributed by atoms with Gasteiger partial charge in [-0.05, 0) is 6.92 Å². The third kappa shape index (κ3) is 1.63. The van der Waals surface area contributed by atoms with E-state index in [2.05, 4.69) is 4.98 Å². The Morgan fingerprint density at radius 1 is 1.50 bits per heavy atom. The smallest absolute Gasteiger partial charge is 0.310 e. The summed E-state index contributed by atoms with van der Waals surface area (Å²) in [6.07, 6.45) is -4.11. The second kappa shape index (κ2) is 2.62. The maximum Gasteiger partial charge on any atom is 0.423 e. The average Bonchev–Trinajstić information content (AvgIpc) is 1.83. The van der Waals surface area contributed by atoms with Gasteiger partial charge in [0.25, 0.3) is 5.56 Å². The van der Waals surface area contributed by atoms with Crippen LogP contribution >= 0.6 is 0 Å². The molecule has 0 unspecified atom stereocenters. The molecule has 66 valence electrons. The molecule has 1 aromatic heterocycles. The molecule has 6 heteroatoms. The Hall–Kier alpha value is -1.33. The van der Waals surface area contributed by atoms with Crippen LogP contribution < -0.4 is 5.56 Å². The zero-order chi connectivity index (χ0) is 9.35. The molecule has 0 saturated carbocycles. The van der Waals surface area contributed by atoms with Gasteiger partial charge >= 0.3 is 6.18 Å². The molecule has 0 aliphatic rings. The van der Waals surface area contributed by atoms with Crippen LogP contribution in [0, 0.1) is 6.92 Å². The van der Waals surface area contributed by atoms with Gasteiger partial charge in [0, 0.05) is 6.20 Å². The van der Waals surface area contributed by atoms with Crippen molar-refractivity contribution in [3.63, 3.8) is 0 Å². The predicted molar refractivity (Wildman–Crippen MR) is 34.6 cm³/mol. The van der Waals surface area contributed by atoms with Gasteiger partial charge in [-0.3, -0.25) is 4.79 Å². The van der Waals surface area contributed by atoms with E-state index in [0.717, 1.165) is 0 Å². The highest BCUT2D eigenvalue weighted by molar-refractivity contribution is 5.09. The Bertz CT molecular complexity index is 341. The SMILES string of the molecule is Cc1ncc(C(F)(F)F)c(=O)[nH]1. The lowest BCUT2D eigenvalue weighted by Crippen LogP contribution is -2.22. The molecule has 12 heavy (non-hydrogen) atoms. The Balaban J connectivity index is 3.29. The summed E-state index contributed by atoms with van der Waals surface area (Å²) in [5, 5.41) is 0. The van der Waals surface area contributed by atoms with Crippen molar-refractivity contribution in [3.05, 3.63) is 27.9 Å². The molecule has 1 N–H and O–H groups in total. The summed E-state index contributed by atoms with van der Waals surface area (Å²) in [6, 6.07) is 0. The van der Waals surface area contributed by atoms with E-state index in [-0.39, 0.29) is 5.82 Å². The standard InChI is InChI=1S/C6H5F3N2O/c1-3-10-2-4(5(12)11-3)6(7,8)9/h2H,1H3,(H,10,11,12). The first-order valence-electron chi connectivity index (χ1n) is 3.04. The zero-order valence-corrected chi connectivity index (χ0v) is 6.07. The van der Waals surface area contributed by atoms with Crippen LogP contribution in [-0.4, -0.2) is 9.97 Å². The molecule has 0 fully saturated rings. The second-order valence-corrected chi connectivity index (χ2v) is 2.21. The first-order chi connectivity index (χ1) is 5.41. The van der Waals surface area contributed by atoms with Crippen LogP contribution in [0.3, 0.4) is 0 Å². The molecule has 0 radical (unpaired) electrons. The molecule has 1 aromatic rings. The van der Waals surface area contributed by atoms with Gasteiger partial charge in [0.05, 0.1) is 0 Å². The molecule has 1 rings (SSSR count). The normalized spacial score (nSPS) is 11.7. The lowest BCUT2D eigenvalue weighted by atomic mass is 10.3. The topological polar surface area (TPSA) is 45.8 Å². The Labute approximate surface area is 65.3 Å². The molecule has 3 nitrogen and oxygen atoms in total. The lowest BCUT2D eigenvalue weighted by molar-refractivity contribution is -0.139. The summed E-state index contributed by atoms with van der Waals surface area (Å²) in [7, 11) is 0. The van der Waals surface area contributed by atoms with Crippen molar-refractivity contribution >= 4 is 0 Å². The van der Waals surface area contributed by atoms with Gasteiger partial charge in [0.1, 0.15) is 11.4 Å². The van der Waals surface area contributed by atoms with Gasteiger partial charge in [-0.25, -0.2) is 4.98 Å². The average molecular weight is 178 g/mol. The number of nitrogens with one attached hydrogen (secondary N) is 1. The molecule has 1 heterocycles. The largest absolute Gasteiger partial charge is 0.423 e. The van der Waals surface area contributed by atoms with Gasteiger partial charge < -0.3 is 4.98 Å². The number of aromatic nitrogens is 2. The summed E-state index contributed by atoms with van der Waals surface area (Å²) in [6.45, 7) is 1.40. The van der Waals surface area contributed by atoms with Gasteiger partial charge in [0.2, 0.25) is 0 Å². The van der Waals surface area contributed by atoms with Crippen molar-refractivity contribution in [2.45, 2.75) is 13.1 Å². The van der Waals surface area contributed by atoms with Crippen molar-refractivity contribution in [2.24, 2.45) is 0 Å². The van der Waals surface area contributed by atoms with Crippen LogP contribution in [0.4, 0.5) is 13.2 Å². The Morgan fingerprint density at radius 2 is 2.08 bits per heavy atom. The summed E-state index contributed by atoms with van der Waals surface area (Å²) >= 11 is 0. The number of rotatable bonds is 0. The van der Waals surface area contributed by atoms with Crippen molar-refractivity contribution in [2.75, 3.05) is 0 Å². The summed E-state index contributed by atoms with van der Waals surface area (Å²) in [5.74, 6) is 0.160. The van der Waals surface area contributed by atoms with Gasteiger partial charge in [0.15, 0.2) is 0 Å². The lowest BCUT2D eigenvalue weighted by Gasteiger charge is -2.03. The second-order valence-electron chi connectivity index (χ2n) is 2.21. The number of hydrogen-bond acceptors (Lipinski definition) is 2. The van der Waals surface area contributed by atoms with E-state index in [1.165, 1.54) is 6.92 Å². The highest BCUT2D eigenvalue weighted by Crippen LogP contribution is 2.25. The monoisotopic (exact) mass is 178 g/mol. The number of aryl methyl sites for hydroxylation is 1. The van der Waals surface area contributed by atoms with Crippen LogP contribution in [0.15, 0.2) is 11.0 Å². The highest BCUT2D eigenvalue weighted by Gasteiger charge is 2.34. The molecule has 0 aliphatic heterocycles. The van der Waals surface area contributed by atoms with E-state index in [1.54, 1.807) is 0 Å². The summed E-state index contributed by atoms with van der Waals surface area (Å²) in [5.41, 5.74) is -2.43. The van der Waals surface area contributed by atoms with E-state index in [9.17, 15) is 18.0 Å². The first-order valence-corrected chi connectivity index (χ1v) is 3.04. The number of halogens is 3. The van der Waals surface area contributed by atoms with Crippen molar-refractivity contribution < 1.29 is 13.2 Å². The molecular formula is C6H5F3N2O. The summed E-state index contributed by atoms with van der Waals surface area (Å²) in [4.78, 5) is 16.0. The number of nitrogens with zero attached hydrogens (tertiary/aromatic N) is 1. The third-order valence-corrected chi connectivity index (χ3v) is 1.23. The van der Waals surface area contributed by atoms with E-state index in [0.29, 0.717) is 6.20 Å². The zero-order valence-electron chi connectivity index (χ0n) is 6.07. The fraction of sp³-hybridized carbons (Fsp3) is 0.333. The molecule has 0 amide bonds. The van der Waals surface area contributed by atoms with Gasteiger partial charge in [-0.2, -0.15) is 13.2 Å². The molecule has 0 aliphatic carbocycles. The molecule has 0 spiro atoms. The molecule has 0 bridgehead atoms.